The number of anilines is 1. The number of hydrogen-bond donors (Lipinski definition) is 1. The molecule has 0 aliphatic rings. The molecule has 0 saturated carbocycles. The molecule has 1 aromatic carbocycles. The monoisotopic (exact) mass is 165 g/mol. The van der Waals surface area contributed by atoms with Gasteiger partial charge in [-0.25, -0.2) is 0 Å². The summed E-state index contributed by atoms with van der Waals surface area (Å²) in [7, 11) is 0. The van der Waals surface area contributed by atoms with Crippen molar-refractivity contribution in [2.75, 3.05) is 12.3 Å². The first-order valence-corrected chi connectivity index (χ1v) is 3.72. The first-order chi connectivity index (χ1) is 5.83. The number of carbonyl (C=O) groups excluding carboxylic acids is 1. The Bertz CT molecular complexity index is 260. The van der Waals surface area contributed by atoms with Crippen LogP contribution >= 0.6 is 0 Å². The first kappa shape index (κ1) is 8.59. The van der Waals surface area contributed by atoms with E-state index in [2.05, 4.69) is 4.74 Å². The van der Waals surface area contributed by atoms with E-state index in [-0.39, 0.29) is 0 Å². The van der Waals surface area contributed by atoms with Crippen molar-refractivity contribution in [3.8, 4) is 0 Å². The standard InChI is InChI=1S/C9H11NO2/c10-9-3-1-2-8(6-9)4-5-12-7-11/h1-3,6-7H,4-5,10H2. The maximum atomic E-state index is 9.82. The summed E-state index contributed by atoms with van der Waals surface area (Å²) in [6.45, 7) is 0.860. The van der Waals surface area contributed by atoms with E-state index in [1.54, 1.807) is 0 Å². The Labute approximate surface area is 71.1 Å². The van der Waals surface area contributed by atoms with E-state index in [0.29, 0.717) is 19.5 Å². The fraction of sp³-hybridized carbons (Fsp3) is 0.222. The molecule has 0 aromatic heterocycles. The molecule has 64 valence electrons. The second-order valence-corrected chi connectivity index (χ2v) is 2.46. The Morgan fingerprint density at radius 2 is 2.33 bits per heavy atom. The molecule has 0 unspecified atom stereocenters. The average molecular weight is 165 g/mol. The van der Waals surface area contributed by atoms with Crippen LogP contribution in [0.3, 0.4) is 0 Å². The Hall–Kier alpha value is -1.51. The van der Waals surface area contributed by atoms with Crippen LogP contribution in [0.4, 0.5) is 5.69 Å². The average Bonchev–Trinajstić information content (AvgIpc) is 2.05. The van der Waals surface area contributed by atoms with Crippen molar-refractivity contribution in [3.05, 3.63) is 29.8 Å². The zero-order valence-corrected chi connectivity index (χ0v) is 6.69. The molecule has 0 spiro atoms. The maximum Gasteiger partial charge on any atom is 0.293 e. The van der Waals surface area contributed by atoms with Crippen LogP contribution in [-0.2, 0) is 16.0 Å². The summed E-state index contributed by atoms with van der Waals surface area (Å²) < 4.78 is 4.56. The number of ether oxygens (including phenoxy) is 1. The van der Waals surface area contributed by atoms with Gasteiger partial charge in [-0.15, -0.1) is 0 Å². The van der Waals surface area contributed by atoms with E-state index in [1.165, 1.54) is 0 Å². The van der Waals surface area contributed by atoms with Gasteiger partial charge in [-0.2, -0.15) is 0 Å². The Morgan fingerprint density at radius 3 is 3.00 bits per heavy atom. The van der Waals surface area contributed by atoms with E-state index in [4.69, 9.17) is 5.73 Å². The maximum absolute atomic E-state index is 9.82. The van der Waals surface area contributed by atoms with Crippen LogP contribution in [-0.4, -0.2) is 13.1 Å². The molecular weight excluding hydrogens is 154 g/mol. The minimum Gasteiger partial charge on any atom is -0.468 e. The van der Waals surface area contributed by atoms with Crippen molar-refractivity contribution < 1.29 is 9.53 Å². The molecule has 0 radical (unpaired) electrons. The number of hydrogen-bond acceptors (Lipinski definition) is 3. The largest absolute Gasteiger partial charge is 0.468 e. The van der Waals surface area contributed by atoms with Crippen molar-refractivity contribution in [1.82, 2.24) is 0 Å². The van der Waals surface area contributed by atoms with E-state index < -0.39 is 0 Å². The van der Waals surface area contributed by atoms with Crippen molar-refractivity contribution in [2.45, 2.75) is 6.42 Å². The van der Waals surface area contributed by atoms with Gasteiger partial charge in [0.15, 0.2) is 0 Å². The van der Waals surface area contributed by atoms with Gasteiger partial charge >= 0.3 is 0 Å². The molecule has 0 saturated heterocycles. The van der Waals surface area contributed by atoms with Gasteiger partial charge in [0, 0.05) is 12.1 Å². The van der Waals surface area contributed by atoms with Crippen LogP contribution in [0.5, 0.6) is 0 Å². The lowest BCUT2D eigenvalue weighted by atomic mass is 10.1. The molecule has 0 aliphatic carbocycles. The molecule has 1 rings (SSSR count). The van der Waals surface area contributed by atoms with Gasteiger partial charge in [0.05, 0.1) is 6.61 Å². The molecular formula is C9H11NO2. The Balaban J connectivity index is 2.46. The number of carbonyl (C=O) groups is 1. The van der Waals surface area contributed by atoms with E-state index in [0.717, 1.165) is 11.3 Å². The fourth-order valence-corrected chi connectivity index (χ4v) is 0.974. The summed E-state index contributed by atoms with van der Waals surface area (Å²) in [4.78, 5) is 9.82. The highest BCUT2D eigenvalue weighted by molar-refractivity contribution is 5.41. The predicted octanol–water partition coefficient (Wildman–Crippen LogP) is 0.984. The van der Waals surface area contributed by atoms with Gasteiger partial charge in [-0.3, -0.25) is 4.79 Å². The van der Waals surface area contributed by atoms with Gasteiger partial charge in [-0.1, -0.05) is 12.1 Å². The summed E-state index contributed by atoms with van der Waals surface area (Å²) in [5, 5.41) is 0. The second-order valence-electron chi connectivity index (χ2n) is 2.46. The lowest BCUT2D eigenvalue weighted by Gasteiger charge is -2.00. The Kier molecular flexibility index (Phi) is 3.14. The molecule has 2 N–H and O–H groups in total. The van der Waals surface area contributed by atoms with E-state index >= 15 is 0 Å². The lowest BCUT2D eigenvalue weighted by molar-refractivity contribution is -0.128. The normalized spacial score (nSPS) is 9.33. The van der Waals surface area contributed by atoms with Gasteiger partial charge in [0.1, 0.15) is 0 Å². The minimum absolute atomic E-state index is 0.410. The quantitative estimate of drug-likeness (QED) is 0.411. The van der Waals surface area contributed by atoms with Crippen LogP contribution in [0.2, 0.25) is 0 Å². The van der Waals surface area contributed by atoms with Crippen LogP contribution in [0.1, 0.15) is 5.56 Å². The molecule has 0 atom stereocenters. The molecule has 0 aliphatic heterocycles. The molecule has 0 amide bonds. The third kappa shape index (κ3) is 2.62. The van der Waals surface area contributed by atoms with Crippen molar-refractivity contribution in [3.63, 3.8) is 0 Å². The second kappa shape index (κ2) is 4.38. The topological polar surface area (TPSA) is 52.3 Å². The third-order valence-electron chi connectivity index (χ3n) is 1.53. The van der Waals surface area contributed by atoms with Crippen LogP contribution in [0.15, 0.2) is 24.3 Å². The molecule has 12 heavy (non-hydrogen) atoms. The zero-order valence-electron chi connectivity index (χ0n) is 6.69. The lowest BCUT2D eigenvalue weighted by Crippen LogP contribution is -1.97. The van der Waals surface area contributed by atoms with E-state index in [9.17, 15) is 4.79 Å². The molecule has 0 heterocycles. The molecule has 0 fully saturated rings. The molecule has 3 nitrogen and oxygen atoms in total. The minimum atomic E-state index is 0.410. The highest BCUT2D eigenvalue weighted by Crippen LogP contribution is 2.06. The van der Waals surface area contributed by atoms with Gasteiger partial charge in [0.2, 0.25) is 0 Å². The van der Waals surface area contributed by atoms with Crippen LogP contribution in [0.25, 0.3) is 0 Å². The summed E-state index contributed by atoms with van der Waals surface area (Å²) >= 11 is 0. The highest BCUT2D eigenvalue weighted by Gasteiger charge is 1.92. The third-order valence-corrected chi connectivity index (χ3v) is 1.53. The molecule has 0 bridgehead atoms. The molecule has 3 heteroatoms. The number of nitrogens with two attached hydrogens (primary N) is 1. The van der Waals surface area contributed by atoms with Crippen LogP contribution in [0, 0.1) is 0 Å². The summed E-state index contributed by atoms with van der Waals surface area (Å²) in [5.41, 5.74) is 7.37. The van der Waals surface area contributed by atoms with E-state index in [1.807, 2.05) is 24.3 Å². The van der Waals surface area contributed by atoms with Gasteiger partial charge < -0.3 is 10.5 Å². The highest BCUT2D eigenvalue weighted by atomic mass is 16.5. The SMILES string of the molecule is Nc1cccc(CCOC=O)c1. The van der Waals surface area contributed by atoms with Crippen LogP contribution < -0.4 is 5.73 Å². The van der Waals surface area contributed by atoms with Crippen molar-refractivity contribution in [2.24, 2.45) is 0 Å². The predicted molar refractivity (Wildman–Crippen MR) is 46.6 cm³/mol. The van der Waals surface area contributed by atoms with Crippen molar-refractivity contribution >= 4 is 12.2 Å². The van der Waals surface area contributed by atoms with Gasteiger partial charge in [0.25, 0.3) is 6.47 Å². The Morgan fingerprint density at radius 1 is 1.50 bits per heavy atom. The number of benzene rings is 1. The van der Waals surface area contributed by atoms with Gasteiger partial charge in [-0.05, 0) is 17.7 Å². The summed E-state index contributed by atoms with van der Waals surface area (Å²) in [6.07, 6.45) is 0.712. The number of rotatable bonds is 4. The zero-order chi connectivity index (χ0) is 8.81. The first-order valence-electron chi connectivity index (χ1n) is 3.72. The van der Waals surface area contributed by atoms with Crippen molar-refractivity contribution in [1.29, 1.82) is 0 Å². The fourth-order valence-electron chi connectivity index (χ4n) is 0.974. The smallest absolute Gasteiger partial charge is 0.293 e. The summed E-state index contributed by atoms with van der Waals surface area (Å²) in [6, 6.07) is 7.52. The molecule has 1 aromatic rings. The summed E-state index contributed by atoms with van der Waals surface area (Å²) in [5.74, 6) is 0. The number of nitrogen functional groups attached to an aromatic ring is 1.